The average Bonchev–Trinajstić information content (AvgIpc) is 2.19. The van der Waals surface area contributed by atoms with E-state index < -0.39 is 0 Å². The van der Waals surface area contributed by atoms with Crippen LogP contribution in [0.3, 0.4) is 0 Å². The fraction of sp³-hybridized carbons (Fsp3) is 1.00. The Morgan fingerprint density at radius 3 is 2.80 bits per heavy atom. The topological polar surface area (TPSA) is 24.5 Å². The standard InChI is InChI=1S/C11H22N2O.ClH/c1-9-6-12-11(14-8-9)10-4-3-5-13(2)7-10;/h9-12H,3-8H2,1-2H3;1H. The molecule has 2 rings (SSSR count). The summed E-state index contributed by atoms with van der Waals surface area (Å²) < 4.78 is 5.84. The third-order valence-corrected chi connectivity index (χ3v) is 3.32. The number of nitrogens with zero attached hydrogens (tertiary/aromatic N) is 1. The van der Waals surface area contributed by atoms with Crippen molar-refractivity contribution < 1.29 is 4.74 Å². The highest BCUT2D eigenvalue weighted by atomic mass is 35.5. The van der Waals surface area contributed by atoms with Gasteiger partial charge in [0, 0.05) is 19.0 Å². The minimum Gasteiger partial charge on any atom is -0.363 e. The molecule has 0 radical (unpaired) electrons. The van der Waals surface area contributed by atoms with Crippen molar-refractivity contribution in [2.75, 3.05) is 33.3 Å². The fourth-order valence-corrected chi connectivity index (χ4v) is 2.46. The lowest BCUT2D eigenvalue weighted by Crippen LogP contribution is -2.50. The maximum atomic E-state index is 5.84. The summed E-state index contributed by atoms with van der Waals surface area (Å²) in [4.78, 5) is 2.41. The van der Waals surface area contributed by atoms with Gasteiger partial charge in [0.05, 0.1) is 6.61 Å². The largest absolute Gasteiger partial charge is 0.363 e. The average molecular weight is 235 g/mol. The molecule has 15 heavy (non-hydrogen) atoms. The predicted molar refractivity (Wildman–Crippen MR) is 64.4 cm³/mol. The molecule has 2 aliphatic rings. The summed E-state index contributed by atoms with van der Waals surface area (Å²) in [6.45, 7) is 6.71. The molecule has 2 aliphatic heterocycles. The number of rotatable bonds is 1. The van der Waals surface area contributed by atoms with E-state index in [0.717, 1.165) is 13.2 Å². The van der Waals surface area contributed by atoms with E-state index in [1.54, 1.807) is 0 Å². The number of hydrogen-bond acceptors (Lipinski definition) is 3. The van der Waals surface area contributed by atoms with Gasteiger partial charge in [0.1, 0.15) is 6.23 Å². The van der Waals surface area contributed by atoms with Gasteiger partial charge in [-0.2, -0.15) is 0 Å². The van der Waals surface area contributed by atoms with E-state index in [0.29, 0.717) is 18.1 Å². The van der Waals surface area contributed by atoms with Crippen molar-refractivity contribution in [2.45, 2.75) is 26.0 Å². The van der Waals surface area contributed by atoms with E-state index in [4.69, 9.17) is 4.74 Å². The van der Waals surface area contributed by atoms with Crippen molar-refractivity contribution in [3.8, 4) is 0 Å². The fourth-order valence-electron chi connectivity index (χ4n) is 2.46. The third kappa shape index (κ3) is 3.59. The summed E-state index contributed by atoms with van der Waals surface area (Å²) in [5, 5.41) is 3.51. The van der Waals surface area contributed by atoms with Crippen molar-refractivity contribution in [1.82, 2.24) is 10.2 Å². The first-order chi connectivity index (χ1) is 6.75. The molecule has 3 unspecified atom stereocenters. The molecule has 3 nitrogen and oxygen atoms in total. The molecule has 3 atom stereocenters. The molecule has 0 amide bonds. The monoisotopic (exact) mass is 234 g/mol. The number of ether oxygens (including phenoxy) is 1. The summed E-state index contributed by atoms with van der Waals surface area (Å²) in [6.07, 6.45) is 2.95. The van der Waals surface area contributed by atoms with Crippen LogP contribution >= 0.6 is 12.4 Å². The van der Waals surface area contributed by atoms with Crippen molar-refractivity contribution in [2.24, 2.45) is 11.8 Å². The second-order valence-electron chi connectivity index (χ2n) is 4.93. The highest BCUT2D eigenvalue weighted by Crippen LogP contribution is 2.21. The Labute approximate surface area is 99.0 Å². The molecular weight excluding hydrogens is 212 g/mol. The summed E-state index contributed by atoms with van der Waals surface area (Å²) in [5.41, 5.74) is 0. The summed E-state index contributed by atoms with van der Waals surface area (Å²) in [6, 6.07) is 0. The molecule has 2 fully saturated rings. The highest BCUT2D eigenvalue weighted by molar-refractivity contribution is 5.85. The Morgan fingerprint density at radius 1 is 1.40 bits per heavy atom. The molecular formula is C11H23ClN2O. The van der Waals surface area contributed by atoms with Gasteiger partial charge in [-0.05, 0) is 32.4 Å². The van der Waals surface area contributed by atoms with Crippen LogP contribution in [-0.2, 0) is 4.74 Å². The van der Waals surface area contributed by atoms with Crippen LogP contribution in [0, 0.1) is 11.8 Å². The zero-order valence-corrected chi connectivity index (χ0v) is 10.6. The molecule has 2 heterocycles. The molecule has 2 saturated heterocycles. The quantitative estimate of drug-likeness (QED) is 0.741. The van der Waals surface area contributed by atoms with Gasteiger partial charge < -0.3 is 9.64 Å². The first-order valence-corrected chi connectivity index (χ1v) is 5.79. The number of hydrogen-bond donors (Lipinski definition) is 1. The van der Waals surface area contributed by atoms with E-state index in [2.05, 4.69) is 24.2 Å². The normalized spacial score (nSPS) is 38.4. The van der Waals surface area contributed by atoms with Gasteiger partial charge in [-0.3, -0.25) is 5.32 Å². The molecule has 0 bridgehead atoms. The summed E-state index contributed by atoms with van der Waals surface area (Å²) in [5.74, 6) is 1.37. The second kappa shape index (κ2) is 6.04. The number of halogens is 1. The van der Waals surface area contributed by atoms with E-state index in [9.17, 15) is 0 Å². The van der Waals surface area contributed by atoms with Crippen LogP contribution in [0.25, 0.3) is 0 Å². The van der Waals surface area contributed by atoms with Gasteiger partial charge >= 0.3 is 0 Å². The molecule has 1 N–H and O–H groups in total. The van der Waals surface area contributed by atoms with Gasteiger partial charge in [0.2, 0.25) is 0 Å². The van der Waals surface area contributed by atoms with Crippen LogP contribution in [0.2, 0.25) is 0 Å². The van der Waals surface area contributed by atoms with Crippen LogP contribution in [-0.4, -0.2) is 44.4 Å². The van der Waals surface area contributed by atoms with Crippen LogP contribution < -0.4 is 5.32 Å². The van der Waals surface area contributed by atoms with E-state index >= 15 is 0 Å². The molecule has 0 spiro atoms. The Kier molecular flexibility index (Phi) is 5.33. The lowest BCUT2D eigenvalue weighted by Gasteiger charge is -2.38. The first-order valence-electron chi connectivity index (χ1n) is 5.79. The minimum absolute atomic E-state index is 0. The minimum atomic E-state index is 0. The maximum absolute atomic E-state index is 5.84. The lowest BCUT2D eigenvalue weighted by molar-refractivity contribution is -0.0701. The Hall–Kier alpha value is 0.170. The zero-order valence-electron chi connectivity index (χ0n) is 9.74. The molecule has 90 valence electrons. The van der Waals surface area contributed by atoms with Crippen molar-refractivity contribution >= 4 is 12.4 Å². The maximum Gasteiger partial charge on any atom is 0.112 e. The van der Waals surface area contributed by atoms with Crippen molar-refractivity contribution in [1.29, 1.82) is 0 Å². The molecule has 4 heteroatoms. The first kappa shape index (κ1) is 13.2. The predicted octanol–water partition coefficient (Wildman–Crippen LogP) is 1.33. The Morgan fingerprint density at radius 2 is 2.20 bits per heavy atom. The lowest BCUT2D eigenvalue weighted by atomic mass is 9.95. The van der Waals surface area contributed by atoms with Crippen molar-refractivity contribution in [3.63, 3.8) is 0 Å². The highest BCUT2D eigenvalue weighted by Gasteiger charge is 2.29. The molecule has 0 aliphatic carbocycles. The van der Waals surface area contributed by atoms with Crippen LogP contribution in [0.1, 0.15) is 19.8 Å². The number of nitrogens with one attached hydrogen (secondary N) is 1. The van der Waals surface area contributed by atoms with E-state index in [1.807, 2.05) is 0 Å². The van der Waals surface area contributed by atoms with E-state index in [1.165, 1.54) is 25.9 Å². The van der Waals surface area contributed by atoms with Gasteiger partial charge in [-0.15, -0.1) is 12.4 Å². The number of piperidine rings is 1. The zero-order chi connectivity index (χ0) is 9.97. The molecule has 0 aromatic carbocycles. The molecule has 0 aromatic rings. The van der Waals surface area contributed by atoms with Gasteiger partial charge in [-0.1, -0.05) is 6.92 Å². The molecule has 0 saturated carbocycles. The van der Waals surface area contributed by atoms with Gasteiger partial charge in [0.25, 0.3) is 0 Å². The third-order valence-electron chi connectivity index (χ3n) is 3.32. The Balaban J connectivity index is 0.00000112. The SMILES string of the molecule is CC1CNC(C2CCCN(C)C2)OC1.Cl. The Bertz CT molecular complexity index is 183. The van der Waals surface area contributed by atoms with E-state index in [-0.39, 0.29) is 12.4 Å². The molecule has 0 aromatic heterocycles. The smallest absolute Gasteiger partial charge is 0.112 e. The summed E-state index contributed by atoms with van der Waals surface area (Å²) >= 11 is 0. The van der Waals surface area contributed by atoms with Crippen LogP contribution in [0.4, 0.5) is 0 Å². The van der Waals surface area contributed by atoms with Gasteiger partial charge in [0.15, 0.2) is 0 Å². The number of likely N-dealkylation sites (tertiary alicyclic amines) is 1. The van der Waals surface area contributed by atoms with Crippen LogP contribution in [0.15, 0.2) is 0 Å². The second-order valence-corrected chi connectivity index (χ2v) is 4.93. The van der Waals surface area contributed by atoms with Crippen molar-refractivity contribution in [3.05, 3.63) is 0 Å². The van der Waals surface area contributed by atoms with Gasteiger partial charge in [-0.25, -0.2) is 0 Å². The van der Waals surface area contributed by atoms with Crippen LogP contribution in [0.5, 0.6) is 0 Å². The summed E-state index contributed by atoms with van der Waals surface area (Å²) in [7, 11) is 2.21.